The second-order valence-electron chi connectivity index (χ2n) is 7.32. The first-order valence-corrected chi connectivity index (χ1v) is 10.6. The quantitative estimate of drug-likeness (QED) is 0.654. The summed E-state index contributed by atoms with van der Waals surface area (Å²) >= 11 is 6.24. The predicted octanol–water partition coefficient (Wildman–Crippen LogP) is 5.20. The Hall–Kier alpha value is -2.53. The van der Waals surface area contributed by atoms with E-state index in [4.69, 9.17) is 16.3 Å². The third-order valence-corrected chi connectivity index (χ3v) is 5.43. The zero-order valence-corrected chi connectivity index (χ0v) is 17.4. The maximum absolute atomic E-state index is 12.7. The summed E-state index contributed by atoms with van der Waals surface area (Å²) < 4.78 is 5.78. The number of benzene rings is 2. The molecule has 0 spiro atoms. The summed E-state index contributed by atoms with van der Waals surface area (Å²) in [5, 5.41) is 6.26. The third kappa shape index (κ3) is 5.97. The van der Waals surface area contributed by atoms with Gasteiger partial charge in [0.25, 0.3) is 11.8 Å². The van der Waals surface area contributed by atoms with Gasteiger partial charge in [-0.15, -0.1) is 0 Å². The van der Waals surface area contributed by atoms with E-state index in [-0.39, 0.29) is 17.9 Å². The summed E-state index contributed by atoms with van der Waals surface area (Å²) in [5.41, 5.74) is 0.885. The van der Waals surface area contributed by atoms with Gasteiger partial charge in [0.2, 0.25) is 0 Å². The SMILES string of the molecule is CCC(Oc1ccccc1)C(=O)Nc1ccc(Cl)c(C(=O)NC2CCCCC2)c1. The van der Waals surface area contributed by atoms with Gasteiger partial charge in [-0.2, -0.15) is 0 Å². The van der Waals surface area contributed by atoms with Crippen LogP contribution in [0.1, 0.15) is 55.8 Å². The molecule has 1 atom stereocenters. The highest BCUT2D eigenvalue weighted by Gasteiger charge is 2.21. The number of nitrogens with one attached hydrogen (secondary N) is 2. The average molecular weight is 415 g/mol. The van der Waals surface area contributed by atoms with Crippen molar-refractivity contribution in [2.24, 2.45) is 0 Å². The summed E-state index contributed by atoms with van der Waals surface area (Å²) in [6.45, 7) is 1.89. The van der Waals surface area contributed by atoms with Crippen molar-refractivity contribution in [3.63, 3.8) is 0 Å². The Kier molecular flexibility index (Phi) is 7.53. The van der Waals surface area contributed by atoms with Crippen molar-refractivity contribution in [3.8, 4) is 5.75 Å². The van der Waals surface area contributed by atoms with Crippen LogP contribution in [-0.2, 0) is 4.79 Å². The molecule has 29 heavy (non-hydrogen) atoms. The van der Waals surface area contributed by atoms with Gasteiger partial charge in [-0.25, -0.2) is 0 Å². The lowest BCUT2D eigenvalue weighted by Crippen LogP contribution is -2.36. The molecule has 2 aromatic carbocycles. The number of amides is 2. The molecule has 3 rings (SSSR count). The van der Waals surface area contributed by atoms with Crippen molar-refractivity contribution in [1.82, 2.24) is 5.32 Å². The van der Waals surface area contributed by atoms with Crippen LogP contribution in [-0.4, -0.2) is 24.0 Å². The molecule has 0 saturated heterocycles. The number of ether oxygens (including phenoxy) is 1. The van der Waals surface area contributed by atoms with Crippen LogP contribution >= 0.6 is 11.6 Å². The summed E-state index contributed by atoms with van der Waals surface area (Å²) in [6.07, 6.45) is 5.36. The van der Waals surface area contributed by atoms with Crippen molar-refractivity contribution < 1.29 is 14.3 Å². The van der Waals surface area contributed by atoms with E-state index in [1.165, 1.54) is 6.42 Å². The van der Waals surface area contributed by atoms with Crippen molar-refractivity contribution in [2.45, 2.75) is 57.6 Å². The predicted molar refractivity (Wildman–Crippen MR) is 116 cm³/mol. The molecule has 1 fully saturated rings. The van der Waals surface area contributed by atoms with Crippen LogP contribution in [0.5, 0.6) is 5.75 Å². The molecule has 0 aromatic heterocycles. The Morgan fingerprint density at radius 2 is 1.83 bits per heavy atom. The van der Waals surface area contributed by atoms with Crippen LogP contribution in [0.4, 0.5) is 5.69 Å². The average Bonchev–Trinajstić information content (AvgIpc) is 2.74. The minimum atomic E-state index is -0.632. The maximum Gasteiger partial charge on any atom is 0.265 e. The van der Waals surface area contributed by atoms with Crippen molar-refractivity contribution in [3.05, 3.63) is 59.1 Å². The van der Waals surface area contributed by atoms with E-state index in [0.29, 0.717) is 28.4 Å². The minimum absolute atomic E-state index is 0.189. The Bertz CT molecular complexity index is 835. The molecule has 1 saturated carbocycles. The summed E-state index contributed by atoms with van der Waals surface area (Å²) in [7, 11) is 0. The van der Waals surface area contributed by atoms with E-state index >= 15 is 0 Å². The van der Waals surface area contributed by atoms with Crippen LogP contribution in [0.2, 0.25) is 5.02 Å². The van der Waals surface area contributed by atoms with Gasteiger partial charge in [0.15, 0.2) is 6.10 Å². The minimum Gasteiger partial charge on any atom is -0.481 e. The molecule has 0 bridgehead atoms. The second-order valence-corrected chi connectivity index (χ2v) is 7.73. The third-order valence-electron chi connectivity index (χ3n) is 5.10. The molecule has 2 aromatic rings. The van der Waals surface area contributed by atoms with E-state index in [9.17, 15) is 9.59 Å². The van der Waals surface area contributed by atoms with Crippen molar-refractivity contribution in [2.75, 3.05) is 5.32 Å². The Morgan fingerprint density at radius 3 is 2.52 bits per heavy atom. The van der Waals surface area contributed by atoms with Gasteiger partial charge in [-0.1, -0.05) is 56.0 Å². The number of carbonyl (C=O) groups is 2. The fourth-order valence-corrected chi connectivity index (χ4v) is 3.70. The highest BCUT2D eigenvalue weighted by atomic mass is 35.5. The first-order chi connectivity index (χ1) is 14.1. The van der Waals surface area contributed by atoms with Gasteiger partial charge in [0.1, 0.15) is 5.75 Å². The molecule has 1 aliphatic rings. The van der Waals surface area contributed by atoms with Gasteiger partial charge >= 0.3 is 0 Å². The van der Waals surface area contributed by atoms with Gasteiger partial charge in [-0.3, -0.25) is 9.59 Å². The highest BCUT2D eigenvalue weighted by molar-refractivity contribution is 6.34. The number of carbonyl (C=O) groups excluding carboxylic acids is 2. The lowest BCUT2D eigenvalue weighted by atomic mass is 9.95. The molecule has 154 valence electrons. The van der Waals surface area contributed by atoms with E-state index in [0.717, 1.165) is 25.7 Å². The van der Waals surface area contributed by atoms with Gasteiger partial charge < -0.3 is 15.4 Å². The molecular formula is C23H27ClN2O3. The number of anilines is 1. The Labute approximate surface area is 176 Å². The number of rotatable bonds is 7. The first kappa shape index (κ1) is 21.2. The monoisotopic (exact) mass is 414 g/mol. The van der Waals surface area contributed by atoms with Crippen LogP contribution in [0, 0.1) is 0 Å². The van der Waals surface area contributed by atoms with Crippen LogP contribution in [0.15, 0.2) is 48.5 Å². The van der Waals surface area contributed by atoms with E-state index < -0.39 is 6.10 Å². The molecule has 0 heterocycles. The molecule has 5 nitrogen and oxygen atoms in total. The first-order valence-electron chi connectivity index (χ1n) is 10.2. The topological polar surface area (TPSA) is 67.4 Å². The fraction of sp³-hybridized carbons (Fsp3) is 0.391. The Balaban J connectivity index is 1.66. The van der Waals surface area contributed by atoms with E-state index in [2.05, 4.69) is 10.6 Å². The molecule has 2 amide bonds. The summed E-state index contributed by atoms with van der Waals surface area (Å²) in [5.74, 6) is 0.168. The lowest BCUT2D eigenvalue weighted by molar-refractivity contribution is -0.122. The standard InChI is InChI=1S/C23H27ClN2O3/c1-2-21(29-18-11-7-4-8-12-18)23(28)26-17-13-14-20(24)19(15-17)22(27)25-16-9-5-3-6-10-16/h4,7-8,11-16,21H,2-3,5-6,9-10H2,1H3,(H,25,27)(H,26,28). The number of para-hydroxylation sites is 1. The molecule has 1 aliphatic carbocycles. The van der Waals surface area contributed by atoms with E-state index in [1.54, 1.807) is 18.2 Å². The van der Waals surface area contributed by atoms with Crippen molar-refractivity contribution in [1.29, 1.82) is 0 Å². The van der Waals surface area contributed by atoms with Crippen LogP contribution in [0.25, 0.3) is 0 Å². The van der Waals surface area contributed by atoms with Crippen molar-refractivity contribution >= 4 is 29.1 Å². The molecule has 6 heteroatoms. The number of hydrogen-bond donors (Lipinski definition) is 2. The zero-order valence-electron chi connectivity index (χ0n) is 16.6. The largest absolute Gasteiger partial charge is 0.481 e. The molecular weight excluding hydrogens is 388 g/mol. The molecule has 0 aliphatic heterocycles. The van der Waals surface area contributed by atoms with E-state index in [1.807, 2.05) is 37.3 Å². The van der Waals surface area contributed by atoms with Gasteiger partial charge in [-0.05, 0) is 49.6 Å². The second kappa shape index (κ2) is 10.3. The number of hydrogen-bond acceptors (Lipinski definition) is 3. The zero-order chi connectivity index (χ0) is 20.6. The van der Waals surface area contributed by atoms with Crippen LogP contribution in [0.3, 0.4) is 0 Å². The summed E-state index contributed by atoms with van der Waals surface area (Å²) in [6, 6.07) is 14.4. The smallest absolute Gasteiger partial charge is 0.265 e. The maximum atomic E-state index is 12.7. The highest BCUT2D eigenvalue weighted by Crippen LogP contribution is 2.23. The molecule has 2 N–H and O–H groups in total. The van der Waals surface area contributed by atoms with Gasteiger partial charge in [0, 0.05) is 11.7 Å². The fourth-order valence-electron chi connectivity index (χ4n) is 3.50. The normalized spacial score (nSPS) is 15.4. The van der Waals surface area contributed by atoms with Crippen LogP contribution < -0.4 is 15.4 Å². The Morgan fingerprint density at radius 1 is 1.10 bits per heavy atom. The molecule has 1 unspecified atom stereocenters. The summed E-state index contributed by atoms with van der Waals surface area (Å²) in [4.78, 5) is 25.3. The molecule has 0 radical (unpaired) electrons. The van der Waals surface area contributed by atoms with Gasteiger partial charge in [0.05, 0.1) is 10.6 Å². The lowest BCUT2D eigenvalue weighted by Gasteiger charge is -2.23. The number of halogens is 1.